The molecule has 112 valence electrons. The van der Waals surface area contributed by atoms with Crippen molar-refractivity contribution in [2.24, 2.45) is 11.1 Å². The Morgan fingerprint density at radius 3 is 2.45 bits per heavy atom. The highest BCUT2D eigenvalue weighted by atomic mass is 32.2. The molecule has 0 aliphatic carbocycles. The van der Waals surface area contributed by atoms with Crippen molar-refractivity contribution in [3.63, 3.8) is 0 Å². The summed E-state index contributed by atoms with van der Waals surface area (Å²) in [5.41, 5.74) is 10.2. The summed E-state index contributed by atoms with van der Waals surface area (Å²) in [6.45, 7) is 3.33. The van der Waals surface area contributed by atoms with E-state index in [-0.39, 0.29) is 29.3 Å². The molecule has 0 aliphatic heterocycles. The highest BCUT2D eigenvalue weighted by Crippen LogP contribution is 2.21. The number of carbonyl (C=O) groups excluding carboxylic acids is 1. The van der Waals surface area contributed by atoms with Crippen LogP contribution < -0.4 is 16.2 Å². The summed E-state index contributed by atoms with van der Waals surface area (Å²) in [5, 5.41) is 9.10. The summed E-state index contributed by atoms with van der Waals surface area (Å²) in [5.74, 6) is -0.685. The van der Waals surface area contributed by atoms with Gasteiger partial charge in [0.05, 0.1) is 5.69 Å². The van der Waals surface area contributed by atoms with Gasteiger partial charge in [0.15, 0.2) is 0 Å². The molecule has 0 saturated carbocycles. The van der Waals surface area contributed by atoms with E-state index in [0.29, 0.717) is 0 Å². The van der Waals surface area contributed by atoms with Crippen LogP contribution in [0.25, 0.3) is 0 Å². The van der Waals surface area contributed by atoms with Gasteiger partial charge >= 0.3 is 0 Å². The van der Waals surface area contributed by atoms with Crippen LogP contribution in [-0.4, -0.2) is 32.6 Å². The van der Waals surface area contributed by atoms with Crippen molar-refractivity contribution < 1.29 is 18.3 Å². The van der Waals surface area contributed by atoms with Gasteiger partial charge in [0.25, 0.3) is 0 Å². The molecule has 0 unspecified atom stereocenters. The number of sulfonamides is 1. The number of nitrogens with one attached hydrogen (secondary N) is 1. The Morgan fingerprint density at radius 2 is 2.00 bits per heavy atom. The summed E-state index contributed by atoms with van der Waals surface area (Å²) in [4.78, 5) is 10.9. The third kappa shape index (κ3) is 3.92. The maximum absolute atomic E-state index is 12.1. The Bertz CT molecular complexity index is 611. The predicted molar refractivity (Wildman–Crippen MR) is 75.4 cm³/mol. The third-order valence-corrected chi connectivity index (χ3v) is 4.23. The quantitative estimate of drug-likeness (QED) is 0.533. The topological polar surface area (TPSA) is 136 Å². The Labute approximate surface area is 118 Å². The van der Waals surface area contributed by atoms with Gasteiger partial charge in [-0.2, -0.15) is 0 Å². The molecule has 1 aromatic rings. The summed E-state index contributed by atoms with van der Waals surface area (Å²) < 4.78 is 26.6. The number of hydrogen-bond acceptors (Lipinski definition) is 5. The highest BCUT2D eigenvalue weighted by Gasteiger charge is 2.23. The standard InChI is InChI=1S/C12H19N3O4S/c1-12(2,7-16)6-15-20(18,19)10-4-3-8(11(14)17)5-9(10)13/h3-5,15-16H,6-7,13H2,1-2H3,(H2,14,17). The number of amides is 1. The minimum absolute atomic E-state index is 0.0584. The van der Waals surface area contributed by atoms with E-state index in [1.165, 1.54) is 18.2 Å². The van der Waals surface area contributed by atoms with Gasteiger partial charge in [0, 0.05) is 24.1 Å². The molecule has 0 fully saturated rings. The van der Waals surface area contributed by atoms with Gasteiger partial charge < -0.3 is 16.6 Å². The first-order valence-corrected chi connectivity index (χ1v) is 7.37. The minimum atomic E-state index is -3.81. The number of nitrogens with two attached hydrogens (primary N) is 2. The molecule has 6 N–H and O–H groups in total. The fourth-order valence-electron chi connectivity index (χ4n) is 1.37. The van der Waals surface area contributed by atoms with Crippen LogP contribution >= 0.6 is 0 Å². The van der Waals surface area contributed by atoms with Crippen molar-refractivity contribution in [3.05, 3.63) is 23.8 Å². The summed E-state index contributed by atoms with van der Waals surface area (Å²) in [7, 11) is -3.81. The Hall–Kier alpha value is -1.64. The van der Waals surface area contributed by atoms with Gasteiger partial charge in [-0.15, -0.1) is 0 Å². The maximum Gasteiger partial charge on any atom is 0.248 e. The summed E-state index contributed by atoms with van der Waals surface area (Å²) in [6, 6.07) is 3.74. The number of hydrogen-bond donors (Lipinski definition) is 4. The van der Waals surface area contributed by atoms with E-state index in [4.69, 9.17) is 16.6 Å². The molecular formula is C12H19N3O4S. The van der Waals surface area contributed by atoms with Gasteiger partial charge in [-0.1, -0.05) is 13.8 Å². The lowest BCUT2D eigenvalue weighted by molar-refractivity contribution is 0.1000. The van der Waals surface area contributed by atoms with Crippen molar-refractivity contribution >= 4 is 21.6 Å². The molecule has 0 saturated heterocycles. The van der Waals surface area contributed by atoms with Crippen molar-refractivity contribution in [2.45, 2.75) is 18.7 Å². The largest absolute Gasteiger partial charge is 0.398 e. The number of nitrogen functional groups attached to an aromatic ring is 1. The van der Waals surface area contributed by atoms with Crippen molar-refractivity contribution in [1.82, 2.24) is 4.72 Å². The molecule has 0 aliphatic rings. The Morgan fingerprint density at radius 1 is 1.40 bits per heavy atom. The molecule has 1 aromatic carbocycles. The molecule has 7 nitrogen and oxygen atoms in total. The van der Waals surface area contributed by atoms with E-state index in [9.17, 15) is 13.2 Å². The first kappa shape index (κ1) is 16.4. The number of aliphatic hydroxyl groups is 1. The minimum Gasteiger partial charge on any atom is -0.398 e. The van der Waals surface area contributed by atoms with Gasteiger partial charge in [0.2, 0.25) is 15.9 Å². The van der Waals surface area contributed by atoms with Crippen LogP contribution in [0.1, 0.15) is 24.2 Å². The van der Waals surface area contributed by atoms with Gasteiger partial charge in [-0.3, -0.25) is 4.79 Å². The zero-order valence-corrected chi connectivity index (χ0v) is 12.2. The van der Waals surface area contributed by atoms with Crippen molar-refractivity contribution in [1.29, 1.82) is 0 Å². The number of anilines is 1. The zero-order chi connectivity index (χ0) is 15.6. The Kier molecular flexibility index (Phi) is 4.74. The molecule has 0 atom stereocenters. The fraction of sp³-hybridized carbons (Fsp3) is 0.417. The van der Waals surface area contributed by atoms with Crippen LogP contribution in [0, 0.1) is 5.41 Å². The Balaban J connectivity index is 3.02. The fourth-order valence-corrected chi connectivity index (χ4v) is 2.72. The second-order valence-electron chi connectivity index (χ2n) is 5.26. The number of primary amides is 1. The molecule has 1 rings (SSSR count). The highest BCUT2D eigenvalue weighted by molar-refractivity contribution is 7.89. The number of aliphatic hydroxyl groups excluding tert-OH is 1. The monoisotopic (exact) mass is 301 g/mol. The second kappa shape index (κ2) is 5.78. The average molecular weight is 301 g/mol. The van der Waals surface area contributed by atoms with E-state index in [1.807, 2.05) is 0 Å². The maximum atomic E-state index is 12.1. The van der Waals surface area contributed by atoms with Crippen LogP contribution in [0.2, 0.25) is 0 Å². The molecule has 0 spiro atoms. The molecular weight excluding hydrogens is 282 g/mol. The van der Waals surface area contributed by atoms with E-state index >= 15 is 0 Å². The third-order valence-electron chi connectivity index (χ3n) is 2.75. The second-order valence-corrected chi connectivity index (χ2v) is 7.00. The number of benzene rings is 1. The predicted octanol–water partition coefficient (Wildman–Crippen LogP) is -0.335. The molecule has 0 radical (unpaired) electrons. The van der Waals surface area contributed by atoms with Crippen LogP contribution in [0.4, 0.5) is 5.69 Å². The lowest BCUT2D eigenvalue weighted by Gasteiger charge is -2.22. The number of rotatable bonds is 6. The van der Waals surface area contributed by atoms with Crippen LogP contribution in [0.5, 0.6) is 0 Å². The molecule has 20 heavy (non-hydrogen) atoms. The molecule has 0 aromatic heterocycles. The average Bonchev–Trinajstić information content (AvgIpc) is 2.36. The van der Waals surface area contributed by atoms with Gasteiger partial charge in [-0.25, -0.2) is 13.1 Å². The first-order valence-electron chi connectivity index (χ1n) is 5.89. The first-order chi connectivity index (χ1) is 9.09. The lowest BCUT2D eigenvalue weighted by Crippen LogP contribution is -2.36. The normalized spacial score (nSPS) is 12.3. The number of carbonyl (C=O) groups is 1. The molecule has 1 amide bonds. The van der Waals surface area contributed by atoms with Crippen molar-refractivity contribution in [3.8, 4) is 0 Å². The van der Waals surface area contributed by atoms with E-state index in [1.54, 1.807) is 13.8 Å². The van der Waals surface area contributed by atoms with Crippen molar-refractivity contribution in [2.75, 3.05) is 18.9 Å². The van der Waals surface area contributed by atoms with E-state index < -0.39 is 21.3 Å². The molecule has 0 heterocycles. The summed E-state index contributed by atoms with van der Waals surface area (Å²) >= 11 is 0. The van der Waals surface area contributed by atoms with Gasteiger partial charge in [-0.05, 0) is 18.2 Å². The lowest BCUT2D eigenvalue weighted by atomic mass is 9.96. The zero-order valence-electron chi connectivity index (χ0n) is 11.4. The smallest absolute Gasteiger partial charge is 0.248 e. The summed E-state index contributed by atoms with van der Waals surface area (Å²) in [6.07, 6.45) is 0. The van der Waals surface area contributed by atoms with Crippen LogP contribution in [-0.2, 0) is 10.0 Å². The van der Waals surface area contributed by atoms with E-state index in [0.717, 1.165) is 0 Å². The SMILES string of the molecule is CC(C)(CO)CNS(=O)(=O)c1ccc(C(N)=O)cc1N. The molecule has 8 heteroatoms. The molecule has 0 bridgehead atoms. The van der Waals surface area contributed by atoms with Crippen LogP contribution in [0.3, 0.4) is 0 Å². The van der Waals surface area contributed by atoms with Crippen LogP contribution in [0.15, 0.2) is 23.1 Å². The van der Waals surface area contributed by atoms with Gasteiger partial charge in [0.1, 0.15) is 4.90 Å². The van der Waals surface area contributed by atoms with E-state index in [2.05, 4.69) is 4.72 Å².